The lowest BCUT2D eigenvalue weighted by molar-refractivity contribution is 1.45. The van der Waals surface area contributed by atoms with Gasteiger partial charge in [0.05, 0.1) is 0 Å². The smallest absolute Gasteiger partial charge is 0.0184 e. The molecule has 0 nitrogen and oxygen atoms in total. The summed E-state index contributed by atoms with van der Waals surface area (Å²) in [4.78, 5) is 0. The molecule has 0 saturated carbocycles. The highest BCUT2D eigenvalue weighted by atomic mass is 14.0. The highest BCUT2D eigenvalue weighted by Crippen LogP contribution is 2.20. The third-order valence-corrected chi connectivity index (χ3v) is 6.94. The molecule has 0 atom stereocenters. The molecule has 0 aliphatic heterocycles. The van der Waals surface area contributed by atoms with E-state index in [1.165, 1.54) is 44.5 Å². The van der Waals surface area contributed by atoms with Crippen molar-refractivity contribution in [2.24, 2.45) is 0 Å². The normalized spacial score (nSPS) is 13.0. The van der Waals surface area contributed by atoms with E-state index in [1.807, 2.05) is 0 Å². The lowest BCUT2D eigenvalue weighted by Crippen LogP contribution is -1.82. The Kier molecular flexibility index (Phi) is 11.3. The Morgan fingerprint density at radius 1 is 0.357 bits per heavy atom. The third-order valence-electron chi connectivity index (χ3n) is 6.94. The quantitative estimate of drug-likeness (QED) is 0.174. The summed E-state index contributed by atoms with van der Waals surface area (Å²) in [6.07, 6.45) is 25.6. The van der Waals surface area contributed by atoms with E-state index in [-0.39, 0.29) is 0 Å². The van der Waals surface area contributed by atoms with Crippen LogP contribution in [0.2, 0.25) is 0 Å². The maximum absolute atomic E-state index is 2.18. The van der Waals surface area contributed by atoms with Gasteiger partial charge in [0, 0.05) is 0 Å². The first-order valence-corrected chi connectivity index (χ1v) is 14.5. The lowest BCUT2D eigenvalue weighted by atomic mass is 10.0. The van der Waals surface area contributed by atoms with Crippen molar-refractivity contribution in [3.63, 3.8) is 0 Å². The Bertz CT molecular complexity index is 1500. The molecule has 0 saturated heterocycles. The van der Waals surface area contributed by atoms with Crippen molar-refractivity contribution in [2.45, 2.75) is 27.7 Å². The standard InChI is InChI=1S/C42H40/c1-33-17-25-37(26-18-33)11-5-7-13-39(41-29-21-35(3)22-30-41)15-9-10-16-40(42-31-23-36(4)24-32-42)14-8-6-12-38-27-19-34(2)20-28-38/h5-32H,1-4H3. The molecule has 0 heteroatoms. The van der Waals surface area contributed by atoms with E-state index in [0.717, 1.165) is 11.1 Å². The van der Waals surface area contributed by atoms with E-state index in [1.54, 1.807) is 0 Å². The fraction of sp³-hybridized carbons (Fsp3) is 0.0952. The van der Waals surface area contributed by atoms with Gasteiger partial charge in [-0.3, -0.25) is 0 Å². The van der Waals surface area contributed by atoms with Crippen molar-refractivity contribution in [3.8, 4) is 0 Å². The van der Waals surface area contributed by atoms with Gasteiger partial charge in [0.2, 0.25) is 0 Å². The molecule has 4 aromatic rings. The molecule has 0 N–H and O–H groups in total. The van der Waals surface area contributed by atoms with E-state index < -0.39 is 0 Å². The average molecular weight is 545 g/mol. The Morgan fingerprint density at radius 3 is 1.00 bits per heavy atom. The van der Waals surface area contributed by atoms with E-state index in [4.69, 9.17) is 0 Å². The Balaban J connectivity index is 1.56. The van der Waals surface area contributed by atoms with Gasteiger partial charge in [-0.15, -0.1) is 0 Å². The summed E-state index contributed by atoms with van der Waals surface area (Å²) in [7, 11) is 0. The highest BCUT2D eigenvalue weighted by Gasteiger charge is 1.98. The molecule has 0 aliphatic carbocycles. The fourth-order valence-electron chi connectivity index (χ4n) is 4.31. The number of hydrogen-bond acceptors (Lipinski definition) is 0. The molecule has 0 spiro atoms. The van der Waals surface area contributed by atoms with Crippen LogP contribution in [0, 0.1) is 27.7 Å². The van der Waals surface area contributed by atoms with E-state index >= 15 is 0 Å². The van der Waals surface area contributed by atoms with Crippen molar-refractivity contribution < 1.29 is 0 Å². The summed E-state index contributed by atoms with van der Waals surface area (Å²) in [5, 5.41) is 0. The molecular formula is C42H40. The molecule has 0 unspecified atom stereocenters. The fourth-order valence-corrected chi connectivity index (χ4v) is 4.31. The molecule has 0 heterocycles. The van der Waals surface area contributed by atoms with Crippen molar-refractivity contribution >= 4 is 23.3 Å². The van der Waals surface area contributed by atoms with E-state index in [9.17, 15) is 0 Å². The van der Waals surface area contributed by atoms with Gasteiger partial charge in [-0.25, -0.2) is 0 Å². The SMILES string of the molecule is Cc1ccc(C=CC=CC(=CC=CC=C(C=CC=Cc2ccc(C)cc2)c2ccc(C)cc2)c2ccc(C)cc2)cc1. The monoisotopic (exact) mass is 544 g/mol. The second-order valence-corrected chi connectivity index (χ2v) is 10.6. The van der Waals surface area contributed by atoms with Crippen LogP contribution in [0.15, 0.2) is 158 Å². The van der Waals surface area contributed by atoms with Gasteiger partial charge in [-0.1, -0.05) is 192 Å². The minimum Gasteiger partial charge on any atom is -0.0617 e. The van der Waals surface area contributed by atoms with Crippen LogP contribution in [-0.4, -0.2) is 0 Å². The first-order valence-electron chi connectivity index (χ1n) is 14.5. The average Bonchev–Trinajstić information content (AvgIpc) is 3.00. The predicted molar refractivity (Wildman–Crippen MR) is 186 cm³/mol. The Labute approximate surface area is 252 Å². The van der Waals surface area contributed by atoms with Crippen molar-refractivity contribution in [3.05, 3.63) is 202 Å². The first kappa shape index (κ1) is 30.0. The molecular weight excluding hydrogens is 504 g/mol. The van der Waals surface area contributed by atoms with Crippen LogP contribution < -0.4 is 0 Å². The van der Waals surface area contributed by atoms with Gasteiger partial charge in [-0.2, -0.15) is 0 Å². The van der Waals surface area contributed by atoms with Crippen LogP contribution in [-0.2, 0) is 0 Å². The number of allylic oxidation sites excluding steroid dienone is 12. The number of benzene rings is 4. The van der Waals surface area contributed by atoms with Crippen LogP contribution in [0.25, 0.3) is 23.3 Å². The molecule has 42 heavy (non-hydrogen) atoms. The minimum atomic E-state index is 1.15. The third kappa shape index (κ3) is 9.91. The minimum absolute atomic E-state index is 1.15. The van der Waals surface area contributed by atoms with Crippen molar-refractivity contribution in [1.29, 1.82) is 0 Å². The number of aryl methyl sites for hydroxylation is 4. The van der Waals surface area contributed by atoms with Crippen LogP contribution >= 0.6 is 0 Å². The zero-order valence-corrected chi connectivity index (χ0v) is 25.2. The van der Waals surface area contributed by atoms with E-state index in [2.05, 4.69) is 198 Å². The molecule has 0 aromatic heterocycles. The van der Waals surface area contributed by atoms with E-state index in [0.29, 0.717) is 0 Å². The molecule has 208 valence electrons. The summed E-state index contributed by atoms with van der Waals surface area (Å²) in [6, 6.07) is 34.5. The van der Waals surface area contributed by atoms with Crippen LogP contribution in [0.3, 0.4) is 0 Å². The number of rotatable bonds is 10. The first-order chi connectivity index (χ1) is 20.5. The number of hydrogen-bond donors (Lipinski definition) is 0. The van der Waals surface area contributed by atoms with Gasteiger partial charge >= 0.3 is 0 Å². The zero-order chi connectivity index (χ0) is 29.6. The maximum Gasteiger partial charge on any atom is -0.0184 e. The van der Waals surface area contributed by atoms with Crippen LogP contribution in [0.1, 0.15) is 44.5 Å². The summed E-state index contributed by atoms with van der Waals surface area (Å²) in [5.74, 6) is 0. The van der Waals surface area contributed by atoms with Gasteiger partial charge < -0.3 is 0 Å². The summed E-state index contributed by atoms with van der Waals surface area (Å²) < 4.78 is 0. The van der Waals surface area contributed by atoms with Gasteiger partial charge in [0.25, 0.3) is 0 Å². The lowest BCUT2D eigenvalue weighted by Gasteiger charge is -2.03. The predicted octanol–water partition coefficient (Wildman–Crippen LogP) is 11.5. The van der Waals surface area contributed by atoms with Gasteiger partial charge in [0.1, 0.15) is 0 Å². The Morgan fingerprint density at radius 2 is 0.667 bits per heavy atom. The Hall–Kier alpha value is -4.94. The molecule has 0 bridgehead atoms. The van der Waals surface area contributed by atoms with Gasteiger partial charge in [0.15, 0.2) is 0 Å². The van der Waals surface area contributed by atoms with Crippen molar-refractivity contribution in [1.82, 2.24) is 0 Å². The van der Waals surface area contributed by atoms with Crippen LogP contribution in [0.4, 0.5) is 0 Å². The molecule has 0 fully saturated rings. The zero-order valence-electron chi connectivity index (χ0n) is 25.2. The largest absolute Gasteiger partial charge is 0.0617 e. The molecule has 0 amide bonds. The molecule has 0 radical (unpaired) electrons. The topological polar surface area (TPSA) is 0 Å². The second kappa shape index (κ2) is 15.7. The molecule has 0 aliphatic rings. The van der Waals surface area contributed by atoms with Gasteiger partial charge in [-0.05, 0) is 61.1 Å². The van der Waals surface area contributed by atoms with Crippen molar-refractivity contribution in [2.75, 3.05) is 0 Å². The summed E-state index contributed by atoms with van der Waals surface area (Å²) in [6.45, 7) is 8.46. The highest BCUT2D eigenvalue weighted by molar-refractivity contribution is 5.78. The summed E-state index contributed by atoms with van der Waals surface area (Å²) >= 11 is 0. The molecule has 4 aromatic carbocycles. The van der Waals surface area contributed by atoms with Crippen LogP contribution in [0.5, 0.6) is 0 Å². The second-order valence-electron chi connectivity index (χ2n) is 10.6. The maximum atomic E-state index is 2.18. The summed E-state index contributed by atoms with van der Waals surface area (Å²) in [5.41, 5.74) is 12.1. The molecule has 4 rings (SSSR count).